The lowest BCUT2D eigenvalue weighted by molar-refractivity contribution is -0.124. The maximum atomic E-state index is 12.0. The highest BCUT2D eigenvalue weighted by atomic mass is 16.1. The van der Waals surface area contributed by atoms with Gasteiger partial charge in [0, 0.05) is 49.4 Å². The summed E-state index contributed by atoms with van der Waals surface area (Å²) in [6.45, 7) is 2.56. The maximum absolute atomic E-state index is 12.0. The minimum Gasteiger partial charge on any atom is -0.355 e. The van der Waals surface area contributed by atoms with E-state index in [2.05, 4.69) is 37.6 Å². The molecule has 1 fully saturated rings. The molecular formula is C19H21N5O. The smallest absolute Gasteiger partial charge is 0.223 e. The molecule has 0 bridgehead atoms. The van der Waals surface area contributed by atoms with Crippen molar-refractivity contribution in [1.29, 1.82) is 0 Å². The molecule has 1 aliphatic heterocycles. The van der Waals surface area contributed by atoms with E-state index in [1.165, 1.54) is 0 Å². The molecule has 0 atom stereocenters. The average molecular weight is 335 g/mol. The standard InChI is InChI=1S/C19H21N5O/c25-19(16-3-1-2-4-16)21-11-14-12-24(13-14)18-6-5-17(22-23-18)15-7-9-20-10-8-15/h1-2,5-10,14,16H,3-4,11-13H2,(H,21,25). The Morgan fingerprint density at radius 2 is 1.84 bits per heavy atom. The zero-order valence-electron chi connectivity index (χ0n) is 14.0. The van der Waals surface area contributed by atoms with Gasteiger partial charge in [0.25, 0.3) is 0 Å². The molecule has 25 heavy (non-hydrogen) atoms. The third kappa shape index (κ3) is 3.52. The topological polar surface area (TPSA) is 71.0 Å². The lowest BCUT2D eigenvalue weighted by Gasteiger charge is -2.40. The van der Waals surface area contributed by atoms with Crippen molar-refractivity contribution in [3.63, 3.8) is 0 Å². The minimum atomic E-state index is 0.141. The van der Waals surface area contributed by atoms with Crippen LogP contribution in [0.25, 0.3) is 11.3 Å². The molecule has 128 valence electrons. The molecule has 0 saturated carbocycles. The van der Waals surface area contributed by atoms with Crippen molar-refractivity contribution in [3.8, 4) is 11.3 Å². The average Bonchev–Trinajstić information content (AvgIpc) is 3.16. The fourth-order valence-electron chi connectivity index (χ4n) is 3.28. The predicted octanol–water partition coefficient (Wildman–Crippen LogP) is 2.06. The number of carbonyl (C=O) groups is 1. The monoisotopic (exact) mass is 335 g/mol. The molecule has 2 aliphatic rings. The summed E-state index contributed by atoms with van der Waals surface area (Å²) in [5.41, 5.74) is 1.86. The summed E-state index contributed by atoms with van der Waals surface area (Å²) < 4.78 is 0. The Hall–Kier alpha value is -2.76. The van der Waals surface area contributed by atoms with Crippen LogP contribution in [0.4, 0.5) is 5.82 Å². The van der Waals surface area contributed by atoms with Crippen LogP contribution >= 0.6 is 0 Å². The first-order valence-corrected chi connectivity index (χ1v) is 8.71. The van der Waals surface area contributed by atoms with Gasteiger partial charge in [-0.15, -0.1) is 10.2 Å². The Morgan fingerprint density at radius 1 is 1.08 bits per heavy atom. The predicted molar refractivity (Wildman–Crippen MR) is 95.8 cm³/mol. The highest BCUT2D eigenvalue weighted by molar-refractivity contribution is 5.79. The number of carbonyl (C=O) groups excluding carboxylic acids is 1. The molecule has 6 nitrogen and oxygen atoms in total. The number of rotatable bonds is 5. The van der Waals surface area contributed by atoms with E-state index < -0.39 is 0 Å². The van der Waals surface area contributed by atoms with Gasteiger partial charge in [0.15, 0.2) is 5.82 Å². The van der Waals surface area contributed by atoms with Crippen LogP contribution in [0.15, 0.2) is 48.8 Å². The van der Waals surface area contributed by atoms with Crippen LogP contribution in [0.2, 0.25) is 0 Å². The van der Waals surface area contributed by atoms with E-state index in [1.807, 2.05) is 24.3 Å². The molecule has 0 spiro atoms. The molecule has 0 unspecified atom stereocenters. The van der Waals surface area contributed by atoms with Crippen molar-refractivity contribution in [2.75, 3.05) is 24.5 Å². The van der Waals surface area contributed by atoms with Gasteiger partial charge >= 0.3 is 0 Å². The number of aromatic nitrogens is 3. The quantitative estimate of drug-likeness (QED) is 0.847. The van der Waals surface area contributed by atoms with Gasteiger partial charge in [-0.05, 0) is 37.1 Å². The summed E-state index contributed by atoms with van der Waals surface area (Å²) in [6.07, 6.45) is 9.43. The molecule has 0 radical (unpaired) electrons. The van der Waals surface area contributed by atoms with Crippen molar-refractivity contribution in [2.45, 2.75) is 12.8 Å². The summed E-state index contributed by atoms with van der Waals surface area (Å²) in [7, 11) is 0. The summed E-state index contributed by atoms with van der Waals surface area (Å²) in [5.74, 6) is 1.70. The Balaban J connectivity index is 1.25. The lowest BCUT2D eigenvalue weighted by atomic mass is 9.99. The number of anilines is 1. The van der Waals surface area contributed by atoms with Crippen LogP contribution in [0.3, 0.4) is 0 Å². The first-order valence-electron chi connectivity index (χ1n) is 8.71. The van der Waals surface area contributed by atoms with E-state index in [0.717, 1.165) is 49.6 Å². The maximum Gasteiger partial charge on any atom is 0.223 e. The highest BCUT2D eigenvalue weighted by Gasteiger charge is 2.29. The van der Waals surface area contributed by atoms with Gasteiger partial charge in [0.1, 0.15) is 0 Å². The number of nitrogens with zero attached hydrogens (tertiary/aromatic N) is 4. The zero-order chi connectivity index (χ0) is 17.1. The van der Waals surface area contributed by atoms with Crippen molar-refractivity contribution >= 4 is 11.7 Å². The number of pyridine rings is 1. The molecular weight excluding hydrogens is 314 g/mol. The summed E-state index contributed by atoms with van der Waals surface area (Å²) in [5, 5.41) is 11.7. The van der Waals surface area contributed by atoms with Crippen LogP contribution < -0.4 is 10.2 Å². The molecule has 6 heteroatoms. The van der Waals surface area contributed by atoms with E-state index in [9.17, 15) is 4.79 Å². The van der Waals surface area contributed by atoms with Crippen molar-refractivity contribution < 1.29 is 4.79 Å². The Kier molecular flexibility index (Phi) is 4.41. The fourth-order valence-corrected chi connectivity index (χ4v) is 3.28. The van der Waals surface area contributed by atoms with Gasteiger partial charge in [0.2, 0.25) is 5.91 Å². The van der Waals surface area contributed by atoms with Gasteiger partial charge in [0.05, 0.1) is 5.69 Å². The van der Waals surface area contributed by atoms with E-state index in [1.54, 1.807) is 12.4 Å². The highest BCUT2D eigenvalue weighted by Crippen LogP contribution is 2.24. The van der Waals surface area contributed by atoms with Crippen LogP contribution in [0, 0.1) is 11.8 Å². The van der Waals surface area contributed by atoms with E-state index in [0.29, 0.717) is 5.92 Å². The Morgan fingerprint density at radius 3 is 2.52 bits per heavy atom. The van der Waals surface area contributed by atoms with Gasteiger partial charge < -0.3 is 10.2 Å². The third-order valence-electron chi connectivity index (χ3n) is 4.85. The molecule has 2 aromatic heterocycles. The lowest BCUT2D eigenvalue weighted by Crippen LogP contribution is -2.52. The van der Waals surface area contributed by atoms with Crippen LogP contribution in [0.1, 0.15) is 12.8 Å². The Labute approximate surface area is 147 Å². The number of nitrogens with one attached hydrogen (secondary N) is 1. The van der Waals surface area contributed by atoms with Gasteiger partial charge in [-0.2, -0.15) is 0 Å². The van der Waals surface area contributed by atoms with E-state index in [4.69, 9.17) is 0 Å². The van der Waals surface area contributed by atoms with Gasteiger partial charge in [-0.25, -0.2) is 0 Å². The molecule has 3 heterocycles. The molecule has 0 aromatic carbocycles. The van der Waals surface area contributed by atoms with E-state index >= 15 is 0 Å². The molecule has 4 rings (SSSR count). The second-order valence-corrected chi connectivity index (χ2v) is 6.67. The largest absolute Gasteiger partial charge is 0.355 e. The van der Waals surface area contributed by atoms with Gasteiger partial charge in [-0.1, -0.05) is 12.2 Å². The molecule has 2 aromatic rings. The van der Waals surface area contributed by atoms with E-state index in [-0.39, 0.29) is 11.8 Å². The van der Waals surface area contributed by atoms with Crippen molar-refractivity contribution in [1.82, 2.24) is 20.5 Å². The first kappa shape index (κ1) is 15.7. The number of hydrogen-bond acceptors (Lipinski definition) is 5. The number of allylic oxidation sites excluding steroid dienone is 2. The number of hydrogen-bond donors (Lipinski definition) is 1. The van der Waals surface area contributed by atoms with Crippen LogP contribution in [0.5, 0.6) is 0 Å². The molecule has 1 amide bonds. The second kappa shape index (κ2) is 7.01. The molecule has 1 saturated heterocycles. The third-order valence-corrected chi connectivity index (χ3v) is 4.85. The summed E-state index contributed by atoms with van der Waals surface area (Å²) >= 11 is 0. The molecule has 1 N–H and O–H groups in total. The SMILES string of the molecule is O=C(NCC1CN(c2ccc(-c3ccncc3)nn2)C1)C1CC=CC1. The van der Waals surface area contributed by atoms with Crippen molar-refractivity contribution in [3.05, 3.63) is 48.8 Å². The van der Waals surface area contributed by atoms with Crippen molar-refractivity contribution in [2.24, 2.45) is 11.8 Å². The summed E-state index contributed by atoms with van der Waals surface area (Å²) in [6, 6.07) is 7.83. The normalized spacial score (nSPS) is 17.5. The van der Waals surface area contributed by atoms with Gasteiger partial charge in [-0.3, -0.25) is 9.78 Å². The zero-order valence-corrected chi connectivity index (χ0v) is 14.0. The molecule has 1 aliphatic carbocycles. The minimum absolute atomic E-state index is 0.141. The first-order chi connectivity index (χ1) is 12.3. The van der Waals surface area contributed by atoms with Crippen LogP contribution in [-0.4, -0.2) is 40.7 Å². The fraction of sp³-hybridized carbons (Fsp3) is 0.368. The second-order valence-electron chi connectivity index (χ2n) is 6.67. The van der Waals surface area contributed by atoms with Crippen LogP contribution in [-0.2, 0) is 4.79 Å². The summed E-state index contributed by atoms with van der Waals surface area (Å²) in [4.78, 5) is 18.2. The number of amides is 1. The Bertz CT molecular complexity index is 745.